The van der Waals surface area contributed by atoms with E-state index in [4.69, 9.17) is 23.2 Å². The normalized spacial score (nSPS) is 12.0. The minimum absolute atomic E-state index is 0.0376. The Kier molecular flexibility index (Phi) is 8.06. The van der Waals surface area contributed by atoms with Crippen molar-refractivity contribution >= 4 is 56.4 Å². The fourth-order valence-corrected chi connectivity index (χ4v) is 5.35. The smallest absolute Gasteiger partial charge is 0.339 e. The topological polar surface area (TPSA) is 113 Å². The molecule has 0 amide bonds. The Morgan fingerprint density at radius 1 is 0.816 bits per heavy atom. The van der Waals surface area contributed by atoms with Gasteiger partial charge >= 0.3 is 5.97 Å². The van der Waals surface area contributed by atoms with Crippen LogP contribution in [0.3, 0.4) is 0 Å². The Bertz CT molecular complexity index is 1590. The first kappa shape index (κ1) is 27.2. The van der Waals surface area contributed by atoms with Gasteiger partial charge in [-0.15, -0.1) is 0 Å². The van der Waals surface area contributed by atoms with Crippen LogP contribution in [-0.2, 0) is 10.0 Å². The highest BCUT2D eigenvalue weighted by atomic mass is 35.5. The van der Waals surface area contributed by atoms with Gasteiger partial charge in [0.25, 0.3) is 10.0 Å². The molecule has 0 saturated heterocycles. The van der Waals surface area contributed by atoms with Crippen molar-refractivity contribution in [2.24, 2.45) is 0 Å². The minimum Gasteiger partial charge on any atom is -0.478 e. The number of carbonyl (C=O) groups is 2. The molecule has 0 radical (unpaired) electrons. The van der Waals surface area contributed by atoms with Crippen LogP contribution in [0.25, 0.3) is 0 Å². The highest BCUT2D eigenvalue weighted by molar-refractivity contribution is 7.92. The summed E-state index contributed by atoms with van der Waals surface area (Å²) in [7, 11) is -4.32. The van der Waals surface area contributed by atoms with Crippen molar-refractivity contribution in [2.45, 2.75) is 17.9 Å². The molecule has 194 valence electrons. The number of nitrogens with one attached hydrogen (secondary N) is 2. The number of hydrogen-bond donors (Lipinski definition) is 3. The quantitative estimate of drug-likeness (QED) is 0.190. The number of benzene rings is 4. The van der Waals surface area contributed by atoms with Crippen molar-refractivity contribution < 1.29 is 23.1 Å². The van der Waals surface area contributed by atoms with Crippen molar-refractivity contribution in [3.63, 3.8) is 0 Å². The fourth-order valence-electron chi connectivity index (χ4n) is 3.82. The number of carbonyl (C=O) groups excluding carboxylic acids is 1. The van der Waals surface area contributed by atoms with E-state index in [1.807, 2.05) is 19.1 Å². The first-order valence-corrected chi connectivity index (χ1v) is 13.6. The van der Waals surface area contributed by atoms with E-state index in [2.05, 4.69) is 10.0 Å². The second kappa shape index (κ2) is 11.3. The SMILES string of the molecule is Cc1ccc(C(Nc2cccc(S(=O)(=O)Nc3ccc(Cl)cc3)c2C(=O)O)C(=O)c2ccc(Cl)cc2)cc1. The zero-order chi connectivity index (χ0) is 27.4. The molecule has 0 fully saturated rings. The van der Waals surface area contributed by atoms with Crippen LogP contribution < -0.4 is 10.0 Å². The number of anilines is 2. The molecular weight excluding hydrogens is 547 g/mol. The molecule has 0 aliphatic carbocycles. The predicted molar refractivity (Wildman–Crippen MR) is 149 cm³/mol. The Balaban J connectivity index is 1.78. The van der Waals surface area contributed by atoms with Crippen molar-refractivity contribution in [3.8, 4) is 0 Å². The van der Waals surface area contributed by atoms with Gasteiger partial charge in [0.05, 0.1) is 5.69 Å². The van der Waals surface area contributed by atoms with Gasteiger partial charge in [0.15, 0.2) is 5.78 Å². The zero-order valence-electron chi connectivity index (χ0n) is 20.0. The summed E-state index contributed by atoms with van der Waals surface area (Å²) < 4.78 is 28.8. The standard InChI is InChI=1S/C28H22Cl2N2O5S/c1-17-5-7-18(8-6-17)26(27(33)19-9-11-20(29)12-10-19)31-23-3-2-4-24(25(23)28(34)35)38(36,37)32-22-15-13-21(30)14-16-22/h2-16,26,31-32H,1H3,(H,34,35). The van der Waals surface area contributed by atoms with Gasteiger partial charge in [-0.25, -0.2) is 13.2 Å². The summed E-state index contributed by atoms with van der Waals surface area (Å²) in [6.45, 7) is 1.90. The number of aryl methyl sites for hydroxylation is 1. The maximum atomic E-state index is 13.6. The summed E-state index contributed by atoms with van der Waals surface area (Å²) in [6, 6.07) is 22.4. The number of rotatable bonds is 9. The number of Topliss-reactive ketones (excluding diaryl/α,β-unsaturated/α-hetero) is 1. The van der Waals surface area contributed by atoms with Crippen LogP contribution in [0.4, 0.5) is 11.4 Å². The van der Waals surface area contributed by atoms with Gasteiger partial charge in [0.1, 0.15) is 16.5 Å². The van der Waals surface area contributed by atoms with Crippen molar-refractivity contribution in [3.05, 3.63) is 123 Å². The zero-order valence-corrected chi connectivity index (χ0v) is 22.3. The number of sulfonamides is 1. The van der Waals surface area contributed by atoms with E-state index >= 15 is 0 Å². The van der Waals surface area contributed by atoms with Crippen LogP contribution >= 0.6 is 23.2 Å². The van der Waals surface area contributed by atoms with Crippen LogP contribution in [0.2, 0.25) is 10.0 Å². The molecule has 0 aliphatic rings. The van der Waals surface area contributed by atoms with Gasteiger partial charge in [0, 0.05) is 21.3 Å². The van der Waals surface area contributed by atoms with E-state index in [0.717, 1.165) is 5.56 Å². The summed E-state index contributed by atoms with van der Waals surface area (Å²) in [5.74, 6) is -1.83. The lowest BCUT2D eigenvalue weighted by molar-refractivity contribution is 0.0693. The number of aromatic carboxylic acids is 1. The molecule has 0 bridgehead atoms. The first-order valence-electron chi connectivity index (χ1n) is 11.3. The number of carboxylic acids is 1. The average molecular weight is 569 g/mol. The predicted octanol–water partition coefficient (Wildman–Crippen LogP) is 6.84. The van der Waals surface area contributed by atoms with E-state index < -0.39 is 32.5 Å². The van der Waals surface area contributed by atoms with Gasteiger partial charge in [-0.3, -0.25) is 9.52 Å². The van der Waals surface area contributed by atoms with Crippen LogP contribution in [0, 0.1) is 6.92 Å². The van der Waals surface area contributed by atoms with Crippen LogP contribution in [0.1, 0.15) is 37.9 Å². The molecule has 0 aliphatic heterocycles. The maximum absolute atomic E-state index is 13.6. The Morgan fingerprint density at radius 2 is 1.39 bits per heavy atom. The third-order valence-electron chi connectivity index (χ3n) is 5.73. The summed E-state index contributed by atoms with van der Waals surface area (Å²) in [6.07, 6.45) is 0. The summed E-state index contributed by atoms with van der Waals surface area (Å²) >= 11 is 11.9. The molecule has 0 spiro atoms. The lowest BCUT2D eigenvalue weighted by atomic mass is 9.96. The number of ketones is 1. The summed E-state index contributed by atoms with van der Waals surface area (Å²) in [4.78, 5) is 25.5. The molecule has 1 unspecified atom stereocenters. The van der Waals surface area contributed by atoms with Gasteiger partial charge in [-0.05, 0) is 73.2 Å². The Labute approximate surface area is 230 Å². The summed E-state index contributed by atoms with van der Waals surface area (Å²) in [5.41, 5.74) is 1.55. The molecule has 10 heteroatoms. The highest BCUT2D eigenvalue weighted by Gasteiger charge is 2.29. The molecule has 0 saturated carbocycles. The second-order valence-corrected chi connectivity index (χ2v) is 11.0. The third kappa shape index (κ3) is 6.16. The molecule has 4 aromatic carbocycles. The molecule has 4 aromatic rings. The fraction of sp³-hybridized carbons (Fsp3) is 0.0714. The van der Waals surface area contributed by atoms with Crippen molar-refractivity contribution in [1.29, 1.82) is 0 Å². The molecule has 4 rings (SSSR count). The van der Waals surface area contributed by atoms with Crippen molar-refractivity contribution in [1.82, 2.24) is 0 Å². The van der Waals surface area contributed by atoms with Gasteiger partial charge in [-0.1, -0.05) is 59.1 Å². The molecular formula is C28H22Cl2N2O5S. The van der Waals surface area contributed by atoms with Crippen molar-refractivity contribution in [2.75, 3.05) is 10.0 Å². The monoisotopic (exact) mass is 568 g/mol. The highest BCUT2D eigenvalue weighted by Crippen LogP contribution is 2.31. The third-order valence-corrected chi connectivity index (χ3v) is 7.66. The van der Waals surface area contributed by atoms with Crippen LogP contribution in [0.15, 0.2) is 95.9 Å². The van der Waals surface area contributed by atoms with E-state index in [1.54, 1.807) is 36.4 Å². The molecule has 3 N–H and O–H groups in total. The second-order valence-electron chi connectivity index (χ2n) is 8.46. The number of carboxylic acid groups (broad SMARTS) is 1. The largest absolute Gasteiger partial charge is 0.478 e. The van der Waals surface area contributed by atoms with Gasteiger partial charge < -0.3 is 10.4 Å². The van der Waals surface area contributed by atoms with E-state index in [0.29, 0.717) is 21.2 Å². The van der Waals surface area contributed by atoms with Gasteiger partial charge in [0.2, 0.25) is 0 Å². The summed E-state index contributed by atoms with van der Waals surface area (Å²) in [5, 5.41) is 13.9. The van der Waals surface area contributed by atoms with E-state index in [9.17, 15) is 23.1 Å². The molecule has 38 heavy (non-hydrogen) atoms. The van der Waals surface area contributed by atoms with Crippen LogP contribution in [-0.4, -0.2) is 25.3 Å². The molecule has 0 heterocycles. The maximum Gasteiger partial charge on any atom is 0.339 e. The minimum atomic E-state index is -4.32. The van der Waals surface area contributed by atoms with Gasteiger partial charge in [-0.2, -0.15) is 0 Å². The lowest BCUT2D eigenvalue weighted by Gasteiger charge is -2.22. The van der Waals surface area contributed by atoms with E-state index in [1.165, 1.54) is 42.5 Å². The Hall–Kier alpha value is -3.85. The van der Waals surface area contributed by atoms with Crippen LogP contribution in [0.5, 0.6) is 0 Å². The average Bonchev–Trinajstić information content (AvgIpc) is 2.89. The molecule has 1 atom stereocenters. The number of hydrogen-bond acceptors (Lipinski definition) is 5. The van der Waals surface area contributed by atoms with E-state index in [-0.39, 0.29) is 17.2 Å². The Morgan fingerprint density at radius 3 is 1.97 bits per heavy atom. The first-order chi connectivity index (χ1) is 18.0. The molecule has 0 aromatic heterocycles. The number of halogens is 2. The lowest BCUT2D eigenvalue weighted by Crippen LogP contribution is -2.24. The molecule has 7 nitrogen and oxygen atoms in total.